The van der Waals surface area contributed by atoms with Gasteiger partial charge in [0.2, 0.25) is 5.91 Å². The van der Waals surface area contributed by atoms with Gasteiger partial charge < -0.3 is 15.5 Å². The predicted octanol–water partition coefficient (Wildman–Crippen LogP) is 1.87. The third-order valence-corrected chi connectivity index (χ3v) is 4.98. The van der Waals surface area contributed by atoms with Gasteiger partial charge in [-0.15, -0.1) is 0 Å². The van der Waals surface area contributed by atoms with Crippen LogP contribution in [0.15, 0.2) is 18.2 Å². The van der Waals surface area contributed by atoms with Crippen molar-refractivity contribution in [1.29, 1.82) is 0 Å². The number of carbonyl (C=O) groups excluding carboxylic acids is 2. The molecule has 0 bridgehead atoms. The van der Waals surface area contributed by atoms with Crippen LogP contribution in [0.25, 0.3) is 0 Å². The minimum atomic E-state index is -0.0578. The molecule has 5 heteroatoms. The summed E-state index contributed by atoms with van der Waals surface area (Å²) in [6.45, 7) is 6.54. The van der Waals surface area contributed by atoms with Gasteiger partial charge in [0.05, 0.1) is 0 Å². The van der Waals surface area contributed by atoms with Crippen molar-refractivity contribution in [3.8, 4) is 0 Å². The van der Waals surface area contributed by atoms with E-state index in [2.05, 4.69) is 42.7 Å². The molecule has 1 aliphatic heterocycles. The lowest BCUT2D eigenvalue weighted by Crippen LogP contribution is -2.44. The molecule has 2 aliphatic rings. The fourth-order valence-corrected chi connectivity index (χ4v) is 3.43. The van der Waals surface area contributed by atoms with Crippen molar-refractivity contribution in [3.63, 3.8) is 0 Å². The van der Waals surface area contributed by atoms with Gasteiger partial charge in [0.1, 0.15) is 0 Å². The Balaban J connectivity index is 1.61. The Hall–Kier alpha value is -2.04. The van der Waals surface area contributed by atoms with E-state index in [-0.39, 0.29) is 17.4 Å². The summed E-state index contributed by atoms with van der Waals surface area (Å²) in [4.78, 5) is 25.5. The molecule has 1 heterocycles. The highest BCUT2D eigenvalue weighted by Crippen LogP contribution is 2.48. The Kier molecular flexibility index (Phi) is 4.28. The molecule has 0 unspecified atom stereocenters. The van der Waals surface area contributed by atoms with Crippen LogP contribution in [0.4, 0.5) is 4.79 Å². The molecule has 124 valence electrons. The smallest absolute Gasteiger partial charge is 0.317 e. The largest absolute Gasteiger partial charge is 0.354 e. The van der Waals surface area contributed by atoms with Gasteiger partial charge in [0.15, 0.2) is 0 Å². The number of nitrogens with one attached hydrogen (secondary N) is 2. The Morgan fingerprint density at radius 1 is 1.30 bits per heavy atom. The molecule has 1 aromatic carbocycles. The molecule has 2 fully saturated rings. The van der Waals surface area contributed by atoms with Crippen LogP contribution in [0.1, 0.15) is 36.0 Å². The van der Waals surface area contributed by atoms with Crippen LogP contribution in [-0.4, -0.2) is 43.0 Å². The van der Waals surface area contributed by atoms with Crippen molar-refractivity contribution in [2.75, 3.05) is 26.2 Å². The highest BCUT2D eigenvalue weighted by molar-refractivity contribution is 5.79. The summed E-state index contributed by atoms with van der Waals surface area (Å²) in [5.41, 5.74) is 4.04. The van der Waals surface area contributed by atoms with E-state index in [4.69, 9.17) is 0 Å². The van der Waals surface area contributed by atoms with E-state index in [0.29, 0.717) is 32.6 Å². The zero-order chi connectivity index (χ0) is 16.4. The molecule has 3 rings (SSSR count). The maximum atomic E-state index is 12.4. The van der Waals surface area contributed by atoms with Crippen molar-refractivity contribution in [3.05, 3.63) is 34.9 Å². The molecule has 5 nitrogen and oxygen atoms in total. The van der Waals surface area contributed by atoms with E-state index in [1.54, 1.807) is 4.90 Å². The van der Waals surface area contributed by atoms with Gasteiger partial charge in [-0.2, -0.15) is 0 Å². The number of hydrogen-bond donors (Lipinski definition) is 2. The van der Waals surface area contributed by atoms with Crippen LogP contribution in [0, 0.1) is 13.8 Å². The third-order valence-electron chi connectivity index (χ3n) is 4.98. The average molecular weight is 315 g/mol. The molecule has 3 amide bonds. The van der Waals surface area contributed by atoms with Crippen LogP contribution >= 0.6 is 0 Å². The Labute approximate surface area is 137 Å². The van der Waals surface area contributed by atoms with Crippen LogP contribution in [0.2, 0.25) is 0 Å². The summed E-state index contributed by atoms with van der Waals surface area (Å²) in [6.07, 6.45) is 2.63. The SMILES string of the molecule is Cc1ccc(C2(CNC(=O)N3CCNC(=O)CC3)CC2)c(C)c1. The monoisotopic (exact) mass is 315 g/mol. The Morgan fingerprint density at radius 3 is 2.78 bits per heavy atom. The number of hydrogen-bond acceptors (Lipinski definition) is 2. The van der Waals surface area contributed by atoms with Gasteiger partial charge in [-0.25, -0.2) is 4.79 Å². The third kappa shape index (κ3) is 3.49. The molecule has 23 heavy (non-hydrogen) atoms. The second-order valence-corrected chi connectivity index (χ2v) is 6.84. The first-order valence-electron chi connectivity index (χ1n) is 8.37. The summed E-state index contributed by atoms with van der Waals surface area (Å²) in [6, 6.07) is 6.51. The lowest BCUT2D eigenvalue weighted by molar-refractivity contribution is -0.120. The molecule has 0 atom stereocenters. The van der Waals surface area contributed by atoms with E-state index in [0.717, 1.165) is 12.8 Å². The maximum absolute atomic E-state index is 12.4. The average Bonchev–Trinajstić information content (AvgIpc) is 3.30. The first kappa shape index (κ1) is 15.8. The maximum Gasteiger partial charge on any atom is 0.317 e. The van der Waals surface area contributed by atoms with Gasteiger partial charge in [-0.3, -0.25) is 4.79 Å². The number of urea groups is 1. The van der Waals surface area contributed by atoms with Crippen LogP contribution < -0.4 is 10.6 Å². The zero-order valence-electron chi connectivity index (χ0n) is 13.9. The van der Waals surface area contributed by atoms with Gasteiger partial charge in [-0.05, 0) is 37.8 Å². The van der Waals surface area contributed by atoms with E-state index in [1.807, 2.05) is 0 Å². The Morgan fingerprint density at radius 2 is 2.09 bits per heavy atom. The van der Waals surface area contributed by atoms with Crippen molar-refractivity contribution in [2.24, 2.45) is 0 Å². The first-order chi connectivity index (χ1) is 11.0. The lowest BCUT2D eigenvalue weighted by Gasteiger charge is -2.24. The summed E-state index contributed by atoms with van der Waals surface area (Å²) >= 11 is 0. The van der Waals surface area contributed by atoms with E-state index in [9.17, 15) is 9.59 Å². The fraction of sp³-hybridized carbons (Fsp3) is 0.556. The number of carbonyl (C=O) groups is 2. The zero-order valence-corrected chi connectivity index (χ0v) is 13.9. The van der Waals surface area contributed by atoms with E-state index < -0.39 is 0 Å². The van der Waals surface area contributed by atoms with Gasteiger partial charge >= 0.3 is 6.03 Å². The van der Waals surface area contributed by atoms with Crippen molar-refractivity contribution >= 4 is 11.9 Å². The second kappa shape index (κ2) is 6.22. The quantitative estimate of drug-likeness (QED) is 0.894. The molecule has 1 saturated heterocycles. The topological polar surface area (TPSA) is 61.4 Å². The number of rotatable bonds is 3. The van der Waals surface area contributed by atoms with Crippen molar-refractivity contribution < 1.29 is 9.59 Å². The highest BCUT2D eigenvalue weighted by atomic mass is 16.2. The van der Waals surface area contributed by atoms with E-state index >= 15 is 0 Å². The highest BCUT2D eigenvalue weighted by Gasteiger charge is 2.45. The number of aryl methyl sites for hydroxylation is 2. The van der Waals surface area contributed by atoms with E-state index in [1.165, 1.54) is 16.7 Å². The molecule has 0 radical (unpaired) electrons. The number of nitrogens with zero attached hydrogens (tertiary/aromatic N) is 1. The predicted molar refractivity (Wildman–Crippen MR) is 89.4 cm³/mol. The molecule has 2 N–H and O–H groups in total. The van der Waals surface area contributed by atoms with Crippen molar-refractivity contribution in [1.82, 2.24) is 15.5 Å². The molecular formula is C18H25N3O2. The molecule has 1 saturated carbocycles. The minimum absolute atomic E-state index is 0.0224. The number of amides is 3. The summed E-state index contributed by atoms with van der Waals surface area (Å²) < 4.78 is 0. The minimum Gasteiger partial charge on any atom is -0.354 e. The molecule has 0 aromatic heterocycles. The fourth-order valence-electron chi connectivity index (χ4n) is 3.43. The molecular weight excluding hydrogens is 290 g/mol. The molecule has 1 aliphatic carbocycles. The Bertz CT molecular complexity index is 623. The standard InChI is InChI=1S/C18H25N3O2/c1-13-3-4-15(14(2)11-13)18(6-7-18)12-20-17(23)21-9-5-16(22)19-8-10-21/h3-4,11H,5-10,12H2,1-2H3,(H,19,22)(H,20,23). The summed E-state index contributed by atoms with van der Waals surface area (Å²) in [5.74, 6) is 0.0224. The summed E-state index contributed by atoms with van der Waals surface area (Å²) in [5, 5.41) is 5.88. The lowest BCUT2D eigenvalue weighted by atomic mass is 9.91. The van der Waals surface area contributed by atoms with Gasteiger partial charge in [0, 0.05) is 38.0 Å². The van der Waals surface area contributed by atoms with Crippen molar-refractivity contribution in [2.45, 2.75) is 38.5 Å². The van der Waals surface area contributed by atoms with Gasteiger partial charge in [0.25, 0.3) is 0 Å². The normalized spacial score (nSPS) is 19.7. The summed E-state index contributed by atoms with van der Waals surface area (Å²) in [7, 11) is 0. The van der Waals surface area contributed by atoms with Crippen LogP contribution in [-0.2, 0) is 10.2 Å². The van der Waals surface area contributed by atoms with Gasteiger partial charge in [-0.1, -0.05) is 23.8 Å². The van der Waals surface area contributed by atoms with Crippen LogP contribution in [0.3, 0.4) is 0 Å². The van der Waals surface area contributed by atoms with Crippen LogP contribution in [0.5, 0.6) is 0 Å². The molecule has 0 spiro atoms. The first-order valence-corrected chi connectivity index (χ1v) is 8.37. The number of benzene rings is 1. The second-order valence-electron chi connectivity index (χ2n) is 6.84. The molecule has 1 aromatic rings.